The molecule has 0 saturated carbocycles. The summed E-state index contributed by atoms with van der Waals surface area (Å²) in [6.45, 7) is 4.54. The molecule has 3 nitrogen and oxygen atoms in total. The summed E-state index contributed by atoms with van der Waals surface area (Å²) in [5.41, 5.74) is 10.7. The molecule has 0 bridgehead atoms. The minimum absolute atomic E-state index is 0.177. The Hall–Kier alpha value is -5.02. The van der Waals surface area contributed by atoms with Crippen LogP contribution >= 0.6 is 0 Å². The highest BCUT2D eigenvalue weighted by atomic mass is 16.5. The minimum atomic E-state index is -0.177. The number of rotatable bonds is 4. The van der Waals surface area contributed by atoms with Crippen molar-refractivity contribution >= 4 is 38.9 Å². The van der Waals surface area contributed by atoms with E-state index in [4.69, 9.17) is 9.15 Å². The molecule has 0 saturated heterocycles. The molecule has 1 aliphatic carbocycles. The molecule has 42 heavy (non-hydrogen) atoms. The smallest absolute Gasteiger partial charge is 0.143 e. The average molecular weight is 546 g/mol. The van der Waals surface area contributed by atoms with Crippen LogP contribution < -0.4 is 10.1 Å². The quantitative estimate of drug-likeness (QED) is 0.239. The second kappa shape index (κ2) is 9.53. The number of benzene rings is 5. The van der Waals surface area contributed by atoms with E-state index in [1.165, 1.54) is 22.3 Å². The number of allylic oxidation sites excluding steroid dienone is 4. The molecule has 0 unspecified atom stereocenters. The van der Waals surface area contributed by atoms with Crippen LogP contribution in [-0.4, -0.2) is 0 Å². The lowest BCUT2D eigenvalue weighted by molar-refractivity contribution is 0.418. The lowest BCUT2D eigenvalue weighted by Crippen LogP contribution is -2.24. The number of ether oxygens (including phenoxy) is 1. The first-order valence-corrected chi connectivity index (χ1v) is 14.7. The third kappa shape index (κ3) is 4.04. The summed E-state index contributed by atoms with van der Waals surface area (Å²) >= 11 is 0. The van der Waals surface area contributed by atoms with Crippen LogP contribution in [0, 0.1) is 0 Å². The van der Waals surface area contributed by atoms with Gasteiger partial charge in [0.25, 0.3) is 0 Å². The Morgan fingerprint density at radius 2 is 1.48 bits per heavy atom. The van der Waals surface area contributed by atoms with Gasteiger partial charge in [-0.1, -0.05) is 86.7 Å². The SMILES string of the molecule is CC1(C)c2ccccc2Oc2ccc(Nc3cc(C4=CCCC=C4)cc(-c4cccc5c4oc4ccccc45)c3)cc21. The van der Waals surface area contributed by atoms with Gasteiger partial charge < -0.3 is 14.5 Å². The summed E-state index contributed by atoms with van der Waals surface area (Å²) in [6.07, 6.45) is 8.98. The van der Waals surface area contributed by atoms with Gasteiger partial charge in [-0.15, -0.1) is 0 Å². The van der Waals surface area contributed by atoms with Crippen molar-refractivity contribution in [1.29, 1.82) is 0 Å². The van der Waals surface area contributed by atoms with Crippen LogP contribution in [0.5, 0.6) is 11.5 Å². The van der Waals surface area contributed by atoms with E-state index in [9.17, 15) is 0 Å². The maximum Gasteiger partial charge on any atom is 0.143 e. The van der Waals surface area contributed by atoms with Crippen LogP contribution in [0.25, 0.3) is 38.6 Å². The number of anilines is 2. The molecule has 0 spiro atoms. The molecule has 0 atom stereocenters. The molecule has 0 radical (unpaired) electrons. The molecule has 5 aromatic carbocycles. The molecule has 204 valence electrons. The molecule has 1 N–H and O–H groups in total. The third-order valence-electron chi connectivity index (χ3n) is 8.70. The van der Waals surface area contributed by atoms with E-state index in [0.717, 1.165) is 68.8 Å². The zero-order chi connectivity index (χ0) is 28.3. The van der Waals surface area contributed by atoms with Crippen molar-refractivity contribution in [2.45, 2.75) is 32.1 Å². The zero-order valence-electron chi connectivity index (χ0n) is 23.8. The predicted octanol–water partition coefficient (Wildman–Crippen LogP) is 11.2. The summed E-state index contributed by atoms with van der Waals surface area (Å²) in [6, 6.07) is 36.2. The number of furan rings is 1. The predicted molar refractivity (Wildman–Crippen MR) is 174 cm³/mol. The Morgan fingerprint density at radius 3 is 2.38 bits per heavy atom. The lowest BCUT2D eigenvalue weighted by atomic mass is 9.75. The van der Waals surface area contributed by atoms with Crippen LogP contribution in [0.15, 0.2) is 126 Å². The van der Waals surface area contributed by atoms with Gasteiger partial charge in [0.05, 0.1) is 0 Å². The second-order valence-corrected chi connectivity index (χ2v) is 11.8. The molecular formula is C39H31NO2. The van der Waals surface area contributed by atoms with Gasteiger partial charge in [0, 0.05) is 44.3 Å². The average Bonchev–Trinajstić information content (AvgIpc) is 3.41. The van der Waals surface area contributed by atoms with Crippen LogP contribution in [0.3, 0.4) is 0 Å². The lowest BCUT2D eigenvalue weighted by Gasteiger charge is -2.34. The maximum atomic E-state index is 6.43. The van der Waals surface area contributed by atoms with E-state index in [-0.39, 0.29) is 5.41 Å². The largest absolute Gasteiger partial charge is 0.457 e. The normalized spacial score (nSPS) is 15.1. The van der Waals surface area contributed by atoms with Gasteiger partial charge in [-0.3, -0.25) is 0 Å². The fourth-order valence-electron chi connectivity index (χ4n) is 6.51. The molecule has 8 rings (SSSR count). The fraction of sp³-hybridized carbons (Fsp3) is 0.128. The molecular weight excluding hydrogens is 514 g/mol. The Balaban J connectivity index is 1.24. The molecule has 0 fully saturated rings. The standard InChI is InChI=1S/C39H31NO2/c1-39(2)33-16-7-9-18-36(33)41-37-20-19-28(24-34(37)39)40-29-22-26(25-11-4-3-5-12-25)21-27(23-29)30-14-10-15-32-31-13-6-8-17-35(31)42-38(30)32/h4,6-24,40H,3,5H2,1-2H3. The van der Waals surface area contributed by atoms with Crippen molar-refractivity contribution in [3.63, 3.8) is 0 Å². The van der Waals surface area contributed by atoms with Crippen LogP contribution in [0.2, 0.25) is 0 Å². The first-order chi connectivity index (χ1) is 20.5. The van der Waals surface area contributed by atoms with Gasteiger partial charge in [-0.25, -0.2) is 0 Å². The van der Waals surface area contributed by atoms with Gasteiger partial charge in [-0.05, 0) is 78.1 Å². The van der Waals surface area contributed by atoms with Crippen molar-refractivity contribution in [3.8, 4) is 22.6 Å². The van der Waals surface area contributed by atoms with Crippen molar-refractivity contribution in [2.24, 2.45) is 0 Å². The van der Waals surface area contributed by atoms with Gasteiger partial charge in [0.1, 0.15) is 22.7 Å². The highest BCUT2D eigenvalue weighted by Gasteiger charge is 2.34. The zero-order valence-corrected chi connectivity index (χ0v) is 23.8. The molecule has 2 heterocycles. The monoisotopic (exact) mass is 545 g/mol. The summed E-state index contributed by atoms with van der Waals surface area (Å²) < 4.78 is 12.7. The van der Waals surface area contributed by atoms with Crippen LogP contribution in [0.1, 0.15) is 43.4 Å². The summed E-state index contributed by atoms with van der Waals surface area (Å²) in [5, 5.41) is 6.02. The Labute approximate surface area is 245 Å². The minimum Gasteiger partial charge on any atom is -0.457 e. The van der Waals surface area contributed by atoms with E-state index in [1.54, 1.807) is 0 Å². The Morgan fingerprint density at radius 1 is 0.667 bits per heavy atom. The third-order valence-corrected chi connectivity index (χ3v) is 8.70. The Bertz CT molecular complexity index is 2070. The highest BCUT2D eigenvalue weighted by molar-refractivity contribution is 6.09. The van der Waals surface area contributed by atoms with E-state index in [1.807, 2.05) is 18.2 Å². The van der Waals surface area contributed by atoms with Gasteiger partial charge in [-0.2, -0.15) is 0 Å². The molecule has 1 aromatic heterocycles. The summed E-state index contributed by atoms with van der Waals surface area (Å²) in [4.78, 5) is 0. The molecule has 6 aromatic rings. The van der Waals surface area contributed by atoms with Crippen molar-refractivity contribution < 1.29 is 9.15 Å². The van der Waals surface area contributed by atoms with Crippen molar-refractivity contribution in [1.82, 2.24) is 0 Å². The number of hydrogen-bond acceptors (Lipinski definition) is 3. The number of hydrogen-bond donors (Lipinski definition) is 1. The number of para-hydroxylation sites is 3. The molecule has 3 heteroatoms. The van der Waals surface area contributed by atoms with Crippen molar-refractivity contribution in [2.75, 3.05) is 5.32 Å². The Kier molecular flexibility index (Phi) is 5.61. The number of fused-ring (bicyclic) bond motifs is 5. The van der Waals surface area contributed by atoms with E-state index in [2.05, 4.69) is 122 Å². The highest BCUT2D eigenvalue weighted by Crippen LogP contribution is 2.48. The topological polar surface area (TPSA) is 34.4 Å². The fourth-order valence-corrected chi connectivity index (χ4v) is 6.51. The van der Waals surface area contributed by atoms with Crippen molar-refractivity contribution in [3.05, 3.63) is 138 Å². The van der Waals surface area contributed by atoms with Crippen LogP contribution in [0.4, 0.5) is 11.4 Å². The number of nitrogens with one attached hydrogen (secondary N) is 1. The van der Waals surface area contributed by atoms with E-state index in [0.29, 0.717) is 0 Å². The van der Waals surface area contributed by atoms with E-state index < -0.39 is 0 Å². The van der Waals surface area contributed by atoms with Gasteiger partial charge in [0.2, 0.25) is 0 Å². The van der Waals surface area contributed by atoms with Crippen LogP contribution in [-0.2, 0) is 5.41 Å². The van der Waals surface area contributed by atoms with Gasteiger partial charge >= 0.3 is 0 Å². The first kappa shape index (κ1) is 24.8. The van der Waals surface area contributed by atoms with Gasteiger partial charge in [0.15, 0.2) is 0 Å². The summed E-state index contributed by atoms with van der Waals surface area (Å²) in [7, 11) is 0. The first-order valence-electron chi connectivity index (χ1n) is 14.7. The molecule has 2 aliphatic rings. The molecule has 1 aliphatic heterocycles. The summed E-state index contributed by atoms with van der Waals surface area (Å²) in [5.74, 6) is 1.84. The second-order valence-electron chi connectivity index (χ2n) is 11.8. The van der Waals surface area contributed by atoms with E-state index >= 15 is 0 Å². The molecule has 0 amide bonds. The maximum absolute atomic E-state index is 6.43.